The number of hydrogen-bond acceptors (Lipinski definition) is 6. The molecule has 6 heteroatoms. The average molecular weight is 373 g/mol. The summed E-state index contributed by atoms with van der Waals surface area (Å²) >= 11 is 0. The quantitative estimate of drug-likeness (QED) is 0.775. The van der Waals surface area contributed by atoms with Crippen LogP contribution in [0.4, 0.5) is 0 Å². The Morgan fingerprint density at radius 1 is 0.926 bits per heavy atom. The fraction of sp³-hybridized carbons (Fsp3) is 0.429. The van der Waals surface area contributed by atoms with Gasteiger partial charge in [-0.15, -0.1) is 0 Å². The van der Waals surface area contributed by atoms with Gasteiger partial charge in [-0.25, -0.2) is 0 Å². The van der Waals surface area contributed by atoms with E-state index in [1.165, 1.54) is 19.8 Å². The molecule has 3 rings (SSSR count). The van der Waals surface area contributed by atoms with Crippen molar-refractivity contribution < 1.29 is 24.1 Å². The third-order valence-electron chi connectivity index (χ3n) is 4.69. The summed E-state index contributed by atoms with van der Waals surface area (Å²) < 4.78 is 22.2. The fourth-order valence-electron chi connectivity index (χ4n) is 3.48. The lowest BCUT2D eigenvalue weighted by atomic mass is 9.89. The lowest BCUT2D eigenvalue weighted by Crippen LogP contribution is -2.30. The maximum atomic E-state index is 10.2. The summed E-state index contributed by atoms with van der Waals surface area (Å²) in [6, 6.07) is 7.73. The van der Waals surface area contributed by atoms with Gasteiger partial charge in [-0.1, -0.05) is 0 Å². The van der Waals surface area contributed by atoms with Gasteiger partial charge in [-0.3, -0.25) is 0 Å². The summed E-state index contributed by atoms with van der Waals surface area (Å²) in [5.41, 5.74) is 3.30. The standard InChI is InChI=1S/C21H27NO5/c1-5-26-16-9-13-7-8-22-20(15(13)12-17(16)27-6-2)14-10-18(24-3)21(23)19(11-14)25-4/h9-12,20,22-23H,5-8H2,1-4H3/t20-/m1/s1. The molecule has 6 nitrogen and oxygen atoms in total. The predicted octanol–water partition coefficient (Wildman–Crippen LogP) is 3.44. The summed E-state index contributed by atoms with van der Waals surface area (Å²) in [5.74, 6) is 2.29. The number of benzene rings is 2. The maximum Gasteiger partial charge on any atom is 0.200 e. The molecule has 0 saturated carbocycles. The molecule has 2 aromatic carbocycles. The first-order chi connectivity index (χ1) is 13.1. The van der Waals surface area contributed by atoms with Crippen LogP contribution < -0.4 is 24.3 Å². The van der Waals surface area contributed by atoms with Crippen LogP contribution in [0, 0.1) is 0 Å². The Morgan fingerprint density at radius 2 is 1.52 bits per heavy atom. The van der Waals surface area contributed by atoms with Crippen LogP contribution in [0.2, 0.25) is 0 Å². The third-order valence-corrected chi connectivity index (χ3v) is 4.69. The van der Waals surface area contributed by atoms with E-state index in [9.17, 15) is 5.11 Å². The molecule has 1 aliphatic rings. The molecule has 27 heavy (non-hydrogen) atoms. The highest BCUT2D eigenvalue weighted by Crippen LogP contribution is 2.43. The van der Waals surface area contributed by atoms with Crippen molar-refractivity contribution in [3.8, 4) is 28.7 Å². The van der Waals surface area contributed by atoms with Crippen molar-refractivity contribution in [1.82, 2.24) is 5.32 Å². The second-order valence-electron chi connectivity index (χ2n) is 6.27. The first kappa shape index (κ1) is 19.2. The second-order valence-corrected chi connectivity index (χ2v) is 6.27. The number of hydrogen-bond donors (Lipinski definition) is 2. The molecule has 0 fully saturated rings. The molecule has 0 radical (unpaired) electrons. The topological polar surface area (TPSA) is 69.2 Å². The first-order valence-corrected chi connectivity index (χ1v) is 9.23. The van der Waals surface area contributed by atoms with Crippen molar-refractivity contribution in [2.24, 2.45) is 0 Å². The summed E-state index contributed by atoms with van der Waals surface area (Å²) in [6.45, 7) is 5.92. The Bertz CT molecular complexity index is 780. The lowest BCUT2D eigenvalue weighted by molar-refractivity contribution is 0.286. The number of nitrogens with one attached hydrogen (secondary N) is 1. The molecule has 0 saturated heterocycles. The largest absolute Gasteiger partial charge is 0.502 e. The van der Waals surface area contributed by atoms with E-state index in [-0.39, 0.29) is 11.8 Å². The van der Waals surface area contributed by atoms with Crippen molar-refractivity contribution >= 4 is 0 Å². The lowest BCUT2D eigenvalue weighted by Gasteiger charge is -2.29. The van der Waals surface area contributed by atoms with Crippen LogP contribution in [-0.4, -0.2) is 39.1 Å². The molecule has 1 aliphatic heterocycles. The molecular weight excluding hydrogens is 346 g/mol. The first-order valence-electron chi connectivity index (χ1n) is 9.23. The number of phenols is 1. The van der Waals surface area contributed by atoms with E-state index in [1.54, 1.807) is 0 Å². The van der Waals surface area contributed by atoms with Crippen LogP contribution in [0.3, 0.4) is 0 Å². The SMILES string of the molecule is CCOc1cc2c(cc1OCC)[C@@H](c1cc(OC)c(O)c(OC)c1)NCC2. The molecule has 0 bridgehead atoms. The summed E-state index contributed by atoms with van der Waals surface area (Å²) in [4.78, 5) is 0. The average Bonchev–Trinajstić information content (AvgIpc) is 2.68. The monoisotopic (exact) mass is 373 g/mol. The highest BCUT2D eigenvalue weighted by molar-refractivity contribution is 5.57. The molecule has 1 heterocycles. The molecule has 0 aliphatic carbocycles. The van der Waals surface area contributed by atoms with Gasteiger partial charge in [0.25, 0.3) is 0 Å². The zero-order valence-corrected chi connectivity index (χ0v) is 16.3. The molecule has 2 aromatic rings. The van der Waals surface area contributed by atoms with Gasteiger partial charge in [0.15, 0.2) is 23.0 Å². The third kappa shape index (κ3) is 3.76. The van der Waals surface area contributed by atoms with Crippen LogP contribution in [0.5, 0.6) is 28.7 Å². The van der Waals surface area contributed by atoms with E-state index in [1.807, 2.05) is 32.0 Å². The zero-order valence-electron chi connectivity index (χ0n) is 16.3. The maximum absolute atomic E-state index is 10.2. The molecule has 0 amide bonds. The van der Waals surface area contributed by atoms with Crippen LogP contribution in [0.25, 0.3) is 0 Å². The summed E-state index contributed by atoms with van der Waals surface area (Å²) in [6.07, 6.45) is 0.907. The summed E-state index contributed by atoms with van der Waals surface area (Å²) in [5, 5.41) is 13.8. The van der Waals surface area contributed by atoms with Crippen LogP contribution in [0.1, 0.15) is 36.6 Å². The number of methoxy groups -OCH3 is 2. The summed E-state index contributed by atoms with van der Waals surface area (Å²) in [7, 11) is 3.06. The number of fused-ring (bicyclic) bond motifs is 1. The van der Waals surface area contributed by atoms with Gasteiger partial charge in [0, 0.05) is 6.54 Å². The van der Waals surface area contributed by atoms with E-state index in [4.69, 9.17) is 18.9 Å². The van der Waals surface area contributed by atoms with Gasteiger partial charge < -0.3 is 29.4 Å². The van der Waals surface area contributed by atoms with Gasteiger partial charge in [0.2, 0.25) is 5.75 Å². The van der Waals surface area contributed by atoms with Gasteiger partial charge in [0.1, 0.15) is 0 Å². The smallest absolute Gasteiger partial charge is 0.200 e. The molecule has 0 spiro atoms. The van der Waals surface area contributed by atoms with Crippen molar-refractivity contribution in [1.29, 1.82) is 0 Å². The van der Waals surface area contributed by atoms with Gasteiger partial charge in [-0.2, -0.15) is 0 Å². The Morgan fingerprint density at radius 3 is 2.07 bits per heavy atom. The van der Waals surface area contributed by atoms with Crippen molar-refractivity contribution in [3.63, 3.8) is 0 Å². The molecular formula is C21H27NO5. The minimum atomic E-state index is -0.0629. The van der Waals surface area contributed by atoms with E-state index in [0.717, 1.165) is 35.6 Å². The highest BCUT2D eigenvalue weighted by atomic mass is 16.5. The van der Waals surface area contributed by atoms with Crippen molar-refractivity contribution in [2.45, 2.75) is 26.3 Å². The highest BCUT2D eigenvalue weighted by Gasteiger charge is 2.26. The van der Waals surface area contributed by atoms with Gasteiger partial charge in [0.05, 0.1) is 33.5 Å². The predicted molar refractivity (Wildman–Crippen MR) is 104 cm³/mol. The van der Waals surface area contributed by atoms with Crippen LogP contribution in [-0.2, 0) is 6.42 Å². The molecule has 0 unspecified atom stereocenters. The molecule has 146 valence electrons. The zero-order chi connectivity index (χ0) is 19.4. The Balaban J connectivity index is 2.09. The molecule has 1 atom stereocenters. The van der Waals surface area contributed by atoms with E-state index in [2.05, 4.69) is 11.4 Å². The molecule has 2 N–H and O–H groups in total. The number of phenolic OH excluding ortho intramolecular Hbond substituents is 1. The van der Waals surface area contributed by atoms with Crippen molar-refractivity contribution in [2.75, 3.05) is 34.0 Å². The minimum absolute atomic E-state index is 0.00137. The van der Waals surface area contributed by atoms with E-state index >= 15 is 0 Å². The van der Waals surface area contributed by atoms with E-state index in [0.29, 0.717) is 24.7 Å². The Kier molecular flexibility index (Phi) is 5.96. The number of ether oxygens (including phenoxy) is 4. The minimum Gasteiger partial charge on any atom is -0.502 e. The van der Waals surface area contributed by atoms with E-state index < -0.39 is 0 Å². The van der Waals surface area contributed by atoms with Gasteiger partial charge >= 0.3 is 0 Å². The number of rotatable bonds is 7. The fourth-order valence-corrected chi connectivity index (χ4v) is 3.48. The van der Waals surface area contributed by atoms with Crippen LogP contribution >= 0.6 is 0 Å². The Labute approximate surface area is 160 Å². The number of aromatic hydroxyl groups is 1. The van der Waals surface area contributed by atoms with Crippen molar-refractivity contribution in [3.05, 3.63) is 41.0 Å². The van der Waals surface area contributed by atoms with Crippen LogP contribution in [0.15, 0.2) is 24.3 Å². The molecule has 0 aromatic heterocycles. The normalized spacial score (nSPS) is 15.8. The van der Waals surface area contributed by atoms with Gasteiger partial charge in [-0.05, 0) is 61.2 Å². The second kappa shape index (κ2) is 8.39. The Hall–Kier alpha value is -2.60.